The molecule has 3 atom stereocenters. The number of phosphoric ester groups is 1. The summed E-state index contributed by atoms with van der Waals surface area (Å²) in [6.07, 6.45) is 66.2. The average Bonchev–Trinajstić information content (AvgIpc) is 3.39. The number of aliphatic hydroxyl groups is 1. The number of hydrogen-bond acceptors (Lipinski definition) is 10. The molecule has 0 aliphatic heterocycles. The molecule has 0 aromatic rings. The molecule has 0 saturated heterocycles. The molecule has 0 aliphatic carbocycles. The highest BCUT2D eigenvalue weighted by Crippen LogP contribution is 2.43. The number of ether oxygens (including phenoxy) is 3. The molecule has 422 valence electrons. The standard InChI is InChI=1S/C62H103O11P/c1-4-7-10-13-16-19-22-25-27-29-31-34-36-39-42-45-48-51-60(64)69-55-59(73-62(66)53-50-47-44-41-38-35-32-30-28-26-23-20-17-14-11-8-5-2)57-71-74(67,68)70-56-58(54-63)72-61(65)52-49-46-43-40-37-33-24-21-18-15-12-9-6-3/h7-12,16-21,25-28,33,37,58-59,63H,4-6,13-15,22-24,29-32,34-36,38-57H2,1-3H3,(H,67,68)/b10-7-,11-8-,12-9-,19-16-,20-17-,21-18-,27-25-,28-26-,37-33-. The summed E-state index contributed by atoms with van der Waals surface area (Å²) in [6, 6.07) is 0. The maximum atomic E-state index is 12.9. The van der Waals surface area contributed by atoms with E-state index < -0.39 is 57.8 Å². The Labute approximate surface area is 450 Å². The molecular weight excluding hydrogens is 952 g/mol. The van der Waals surface area contributed by atoms with Crippen molar-refractivity contribution in [1.82, 2.24) is 0 Å². The number of hydrogen-bond donors (Lipinski definition) is 2. The number of unbranched alkanes of at least 4 members (excludes halogenated alkanes) is 17. The van der Waals surface area contributed by atoms with Crippen molar-refractivity contribution in [3.8, 4) is 0 Å². The number of rotatable bonds is 52. The maximum Gasteiger partial charge on any atom is 0.472 e. The van der Waals surface area contributed by atoms with Crippen molar-refractivity contribution in [2.45, 2.75) is 238 Å². The van der Waals surface area contributed by atoms with Crippen molar-refractivity contribution < 1.29 is 52.2 Å². The van der Waals surface area contributed by atoms with Gasteiger partial charge in [0.2, 0.25) is 0 Å². The highest BCUT2D eigenvalue weighted by Gasteiger charge is 2.28. The van der Waals surface area contributed by atoms with Gasteiger partial charge in [-0.15, -0.1) is 0 Å². The Morgan fingerprint density at radius 2 is 0.662 bits per heavy atom. The van der Waals surface area contributed by atoms with E-state index in [2.05, 4.69) is 130 Å². The molecule has 11 nitrogen and oxygen atoms in total. The summed E-state index contributed by atoms with van der Waals surface area (Å²) in [6.45, 7) is 4.24. The molecule has 0 radical (unpaired) electrons. The minimum absolute atomic E-state index is 0.136. The van der Waals surface area contributed by atoms with Crippen molar-refractivity contribution in [3.05, 3.63) is 109 Å². The summed E-state index contributed by atoms with van der Waals surface area (Å²) < 4.78 is 39.5. The smallest absolute Gasteiger partial charge is 0.462 e. The summed E-state index contributed by atoms with van der Waals surface area (Å²) in [5, 5.41) is 9.80. The number of carbonyl (C=O) groups excluding carboxylic acids is 3. The first-order valence-corrected chi connectivity index (χ1v) is 30.3. The Balaban J connectivity index is 4.79. The zero-order valence-electron chi connectivity index (χ0n) is 46.5. The number of carbonyl (C=O) groups is 3. The van der Waals surface area contributed by atoms with E-state index in [0.717, 1.165) is 148 Å². The number of allylic oxidation sites excluding steroid dienone is 18. The third-order valence-electron chi connectivity index (χ3n) is 11.7. The molecule has 2 N–H and O–H groups in total. The Bertz CT molecular complexity index is 1660. The second kappa shape index (κ2) is 55.4. The molecule has 74 heavy (non-hydrogen) atoms. The Kier molecular flexibility index (Phi) is 52.5. The van der Waals surface area contributed by atoms with E-state index >= 15 is 0 Å². The zero-order chi connectivity index (χ0) is 54.1. The predicted octanol–water partition coefficient (Wildman–Crippen LogP) is 17.0. The molecule has 0 saturated carbocycles. The highest BCUT2D eigenvalue weighted by atomic mass is 31.2. The lowest BCUT2D eigenvalue weighted by Crippen LogP contribution is -2.30. The van der Waals surface area contributed by atoms with Gasteiger partial charge in [-0.25, -0.2) is 4.57 Å². The quantitative estimate of drug-likeness (QED) is 0.0197. The van der Waals surface area contributed by atoms with Crippen LogP contribution >= 0.6 is 7.82 Å². The van der Waals surface area contributed by atoms with Crippen LogP contribution in [0, 0.1) is 0 Å². The number of phosphoric acid groups is 1. The van der Waals surface area contributed by atoms with E-state index in [1.807, 2.05) is 0 Å². The fourth-order valence-electron chi connectivity index (χ4n) is 7.40. The minimum Gasteiger partial charge on any atom is -0.462 e. The molecule has 0 aromatic heterocycles. The molecule has 12 heteroatoms. The summed E-state index contributed by atoms with van der Waals surface area (Å²) >= 11 is 0. The monoisotopic (exact) mass is 1050 g/mol. The minimum atomic E-state index is -4.77. The number of aliphatic hydroxyl groups excluding tert-OH is 1. The largest absolute Gasteiger partial charge is 0.472 e. The second-order valence-electron chi connectivity index (χ2n) is 18.7. The van der Waals surface area contributed by atoms with Gasteiger partial charge in [-0.05, 0) is 116 Å². The third-order valence-corrected chi connectivity index (χ3v) is 12.6. The van der Waals surface area contributed by atoms with Crippen LogP contribution in [0.25, 0.3) is 0 Å². The third kappa shape index (κ3) is 53.0. The van der Waals surface area contributed by atoms with Crippen LogP contribution in [0.1, 0.15) is 226 Å². The van der Waals surface area contributed by atoms with Crippen molar-refractivity contribution in [2.24, 2.45) is 0 Å². The fourth-order valence-corrected chi connectivity index (χ4v) is 8.18. The van der Waals surface area contributed by atoms with Crippen LogP contribution in [0.3, 0.4) is 0 Å². The SMILES string of the molecule is CC/C=C\C/C=C\C/C=C\CCCCCCCCCC(=O)OCC(COP(=O)(O)OCC(CO)OC(=O)CCCCC/C=C\C/C=C\C/C=C\CC)OC(=O)CCCCCCCCC/C=C\C/C=C\C/C=C\CC. The van der Waals surface area contributed by atoms with Crippen LogP contribution in [0.2, 0.25) is 0 Å². The topological polar surface area (TPSA) is 155 Å². The lowest BCUT2D eigenvalue weighted by Gasteiger charge is -2.21. The van der Waals surface area contributed by atoms with Crippen LogP contribution in [0.5, 0.6) is 0 Å². The summed E-state index contributed by atoms with van der Waals surface area (Å²) in [7, 11) is -4.77. The molecule has 0 rings (SSSR count). The summed E-state index contributed by atoms with van der Waals surface area (Å²) in [4.78, 5) is 48.6. The van der Waals surface area contributed by atoms with Gasteiger partial charge in [0, 0.05) is 19.3 Å². The van der Waals surface area contributed by atoms with Gasteiger partial charge in [0.1, 0.15) is 12.7 Å². The van der Waals surface area contributed by atoms with Crippen LogP contribution in [-0.2, 0) is 42.2 Å². The van der Waals surface area contributed by atoms with Crippen molar-refractivity contribution >= 4 is 25.7 Å². The fraction of sp³-hybridized carbons (Fsp3) is 0.661. The Hall–Kier alpha value is -3.86. The number of esters is 3. The lowest BCUT2D eigenvalue weighted by atomic mass is 10.1. The van der Waals surface area contributed by atoms with E-state index in [9.17, 15) is 28.9 Å². The molecule has 0 bridgehead atoms. The summed E-state index contributed by atoms with van der Waals surface area (Å²) in [5.41, 5.74) is 0. The molecule has 3 unspecified atom stereocenters. The van der Waals surface area contributed by atoms with Gasteiger partial charge in [0.25, 0.3) is 0 Å². The first kappa shape index (κ1) is 70.1. The first-order chi connectivity index (χ1) is 36.2. The van der Waals surface area contributed by atoms with Crippen molar-refractivity contribution in [3.63, 3.8) is 0 Å². The van der Waals surface area contributed by atoms with Crippen LogP contribution in [0.4, 0.5) is 0 Å². The van der Waals surface area contributed by atoms with Crippen molar-refractivity contribution in [2.75, 3.05) is 26.4 Å². The van der Waals surface area contributed by atoms with Crippen LogP contribution in [0.15, 0.2) is 109 Å². The normalized spacial score (nSPS) is 14.2. The maximum absolute atomic E-state index is 12.9. The lowest BCUT2D eigenvalue weighted by molar-refractivity contribution is -0.161. The molecule has 0 amide bonds. The van der Waals surface area contributed by atoms with Gasteiger partial charge in [-0.3, -0.25) is 23.4 Å². The van der Waals surface area contributed by atoms with Gasteiger partial charge < -0.3 is 24.2 Å². The van der Waals surface area contributed by atoms with Crippen molar-refractivity contribution in [1.29, 1.82) is 0 Å². The predicted molar refractivity (Wildman–Crippen MR) is 307 cm³/mol. The van der Waals surface area contributed by atoms with Gasteiger partial charge in [-0.2, -0.15) is 0 Å². The highest BCUT2D eigenvalue weighted by molar-refractivity contribution is 7.47. The van der Waals surface area contributed by atoms with Crippen LogP contribution in [-0.4, -0.2) is 66.5 Å². The van der Waals surface area contributed by atoms with E-state index in [0.29, 0.717) is 19.3 Å². The van der Waals surface area contributed by atoms with Gasteiger partial charge in [-0.1, -0.05) is 201 Å². The van der Waals surface area contributed by atoms with Gasteiger partial charge in [0.15, 0.2) is 6.10 Å². The first-order valence-electron chi connectivity index (χ1n) is 28.8. The van der Waals surface area contributed by atoms with Crippen LogP contribution < -0.4 is 0 Å². The molecule has 0 fully saturated rings. The molecule has 0 spiro atoms. The Morgan fingerprint density at radius 1 is 0.378 bits per heavy atom. The Morgan fingerprint density at radius 3 is 1.03 bits per heavy atom. The van der Waals surface area contributed by atoms with E-state index in [4.69, 9.17) is 23.3 Å². The average molecular weight is 1060 g/mol. The molecule has 0 aliphatic rings. The summed E-state index contributed by atoms with van der Waals surface area (Å²) in [5.74, 6) is -1.53. The zero-order valence-corrected chi connectivity index (χ0v) is 47.4. The molecule has 0 heterocycles. The van der Waals surface area contributed by atoms with E-state index in [1.54, 1.807) is 0 Å². The molecule has 0 aromatic carbocycles. The molecular formula is C62H103O11P. The van der Waals surface area contributed by atoms with Gasteiger partial charge in [0.05, 0.1) is 19.8 Å². The van der Waals surface area contributed by atoms with Gasteiger partial charge >= 0.3 is 25.7 Å². The second-order valence-corrected chi connectivity index (χ2v) is 20.1. The van der Waals surface area contributed by atoms with E-state index in [1.165, 1.54) is 19.3 Å². The van der Waals surface area contributed by atoms with E-state index in [-0.39, 0.29) is 25.9 Å².